The number of pyridine rings is 1. The van der Waals surface area contributed by atoms with Crippen molar-refractivity contribution in [2.75, 3.05) is 32.7 Å². The predicted octanol–water partition coefficient (Wildman–Crippen LogP) is 3.99. The molecular weight excluding hydrogens is 486 g/mol. The Balaban J connectivity index is 1.23. The molecule has 1 amide bonds. The fraction of sp³-hybridized carbons (Fsp3) is 0.267. The smallest absolute Gasteiger partial charge is 0.234 e. The molecule has 5 rings (SSSR count). The summed E-state index contributed by atoms with van der Waals surface area (Å²) in [4.78, 5) is 30.0. The number of fused-ring (bicyclic) bond motifs is 1. The number of rotatable bonds is 7. The lowest BCUT2D eigenvalue weighted by molar-refractivity contribution is -0.133. The molecule has 190 valence electrons. The number of aliphatic hydroxyl groups excluding tert-OH is 1. The summed E-state index contributed by atoms with van der Waals surface area (Å²) in [6.45, 7) is 3.43. The molecular formula is C30H30ClN3O3. The Morgan fingerprint density at radius 2 is 1.46 bits per heavy atom. The van der Waals surface area contributed by atoms with Gasteiger partial charge in [0.05, 0.1) is 17.5 Å². The summed E-state index contributed by atoms with van der Waals surface area (Å²) in [6, 6.07) is 26.5. The molecule has 1 fully saturated rings. The Labute approximate surface area is 221 Å². The second-order valence-corrected chi connectivity index (χ2v) is 9.96. The standard InChI is InChI=1S/C30H30ClN3O3/c31-24-11-12-26-27(19-24)34(14-13-28(26)36)21-25(35)20-32-15-17-33(18-16-32)30(37)29(22-7-3-1-4-8-22)23-9-5-2-6-10-23/h1-14,19,25,29,35H,15-18,20-21H2. The van der Waals surface area contributed by atoms with Crippen LogP contribution in [-0.4, -0.2) is 64.2 Å². The zero-order valence-electron chi connectivity index (χ0n) is 20.5. The van der Waals surface area contributed by atoms with Crippen molar-refractivity contribution in [3.63, 3.8) is 0 Å². The highest BCUT2D eigenvalue weighted by Crippen LogP contribution is 2.27. The lowest BCUT2D eigenvalue weighted by Gasteiger charge is -2.37. The first-order valence-electron chi connectivity index (χ1n) is 12.6. The van der Waals surface area contributed by atoms with Crippen LogP contribution in [-0.2, 0) is 11.3 Å². The van der Waals surface area contributed by atoms with E-state index < -0.39 is 6.10 Å². The van der Waals surface area contributed by atoms with Gasteiger partial charge in [-0.15, -0.1) is 0 Å². The molecule has 1 saturated heterocycles. The van der Waals surface area contributed by atoms with Crippen LogP contribution >= 0.6 is 11.6 Å². The van der Waals surface area contributed by atoms with E-state index in [-0.39, 0.29) is 17.3 Å². The van der Waals surface area contributed by atoms with Crippen LogP contribution in [0.2, 0.25) is 5.02 Å². The summed E-state index contributed by atoms with van der Waals surface area (Å²) in [5, 5.41) is 12.0. The Hall–Kier alpha value is -3.45. The molecule has 4 aromatic rings. The number of hydrogen-bond acceptors (Lipinski definition) is 4. The van der Waals surface area contributed by atoms with E-state index in [1.165, 1.54) is 6.07 Å². The third-order valence-corrected chi connectivity index (χ3v) is 7.25. The van der Waals surface area contributed by atoms with E-state index >= 15 is 0 Å². The molecule has 1 unspecified atom stereocenters. The zero-order valence-corrected chi connectivity index (χ0v) is 21.3. The highest BCUT2D eigenvalue weighted by Gasteiger charge is 2.30. The zero-order chi connectivity index (χ0) is 25.8. The molecule has 0 spiro atoms. The number of aliphatic hydroxyl groups is 1. The number of aromatic nitrogens is 1. The van der Waals surface area contributed by atoms with Gasteiger partial charge in [-0.3, -0.25) is 14.5 Å². The summed E-state index contributed by atoms with van der Waals surface area (Å²) in [7, 11) is 0. The molecule has 0 saturated carbocycles. The number of benzene rings is 3. The predicted molar refractivity (Wildman–Crippen MR) is 147 cm³/mol. The molecule has 1 aliphatic heterocycles. The average molecular weight is 516 g/mol. The van der Waals surface area contributed by atoms with Crippen LogP contribution in [0.5, 0.6) is 0 Å². The first kappa shape index (κ1) is 25.2. The van der Waals surface area contributed by atoms with E-state index in [9.17, 15) is 14.7 Å². The summed E-state index contributed by atoms with van der Waals surface area (Å²) >= 11 is 6.16. The van der Waals surface area contributed by atoms with Gasteiger partial charge in [-0.05, 0) is 29.3 Å². The molecule has 1 aromatic heterocycles. The maximum atomic E-state index is 13.7. The van der Waals surface area contributed by atoms with Crippen molar-refractivity contribution in [2.24, 2.45) is 0 Å². The van der Waals surface area contributed by atoms with Crippen LogP contribution in [0.1, 0.15) is 17.0 Å². The van der Waals surface area contributed by atoms with E-state index in [2.05, 4.69) is 4.90 Å². The molecule has 37 heavy (non-hydrogen) atoms. The van der Waals surface area contributed by atoms with Gasteiger partial charge in [0.2, 0.25) is 5.91 Å². The average Bonchev–Trinajstić information content (AvgIpc) is 2.92. The van der Waals surface area contributed by atoms with E-state index in [1.807, 2.05) is 70.1 Å². The van der Waals surface area contributed by atoms with Gasteiger partial charge in [-0.2, -0.15) is 0 Å². The molecule has 1 atom stereocenters. The lowest BCUT2D eigenvalue weighted by Crippen LogP contribution is -2.51. The Morgan fingerprint density at radius 3 is 2.08 bits per heavy atom. The molecule has 1 aliphatic rings. The summed E-state index contributed by atoms with van der Waals surface area (Å²) in [6.07, 6.45) is 1.07. The molecule has 6 nitrogen and oxygen atoms in total. The van der Waals surface area contributed by atoms with Crippen LogP contribution in [0.4, 0.5) is 0 Å². The number of piperazine rings is 1. The van der Waals surface area contributed by atoms with Crippen molar-refractivity contribution in [1.29, 1.82) is 0 Å². The normalized spacial score (nSPS) is 15.3. The van der Waals surface area contributed by atoms with E-state index in [4.69, 9.17) is 11.6 Å². The highest BCUT2D eigenvalue weighted by molar-refractivity contribution is 6.31. The first-order valence-corrected chi connectivity index (χ1v) is 13.0. The first-order chi connectivity index (χ1) is 18.0. The summed E-state index contributed by atoms with van der Waals surface area (Å²) in [5.41, 5.74) is 2.62. The highest BCUT2D eigenvalue weighted by atomic mass is 35.5. The second-order valence-electron chi connectivity index (χ2n) is 9.53. The van der Waals surface area contributed by atoms with E-state index in [0.717, 1.165) is 11.1 Å². The van der Waals surface area contributed by atoms with Gasteiger partial charge in [0.25, 0.3) is 0 Å². The third-order valence-electron chi connectivity index (χ3n) is 7.01. The number of carbonyl (C=O) groups excluding carboxylic acids is 1. The van der Waals surface area contributed by atoms with Crippen molar-refractivity contribution in [1.82, 2.24) is 14.4 Å². The summed E-state index contributed by atoms with van der Waals surface area (Å²) < 4.78 is 1.87. The molecule has 0 bridgehead atoms. The van der Waals surface area contributed by atoms with Crippen LogP contribution in [0, 0.1) is 0 Å². The van der Waals surface area contributed by atoms with Crippen LogP contribution < -0.4 is 5.43 Å². The summed E-state index contributed by atoms with van der Waals surface area (Å²) in [5.74, 6) is -0.228. The van der Waals surface area contributed by atoms with Crippen LogP contribution in [0.15, 0.2) is 95.9 Å². The van der Waals surface area contributed by atoms with E-state index in [1.54, 1.807) is 24.4 Å². The maximum absolute atomic E-state index is 13.7. The number of hydrogen-bond donors (Lipinski definition) is 1. The minimum absolute atomic E-state index is 0.0671. The monoisotopic (exact) mass is 515 g/mol. The minimum atomic E-state index is -0.631. The number of carbonyl (C=O) groups is 1. The topological polar surface area (TPSA) is 65.8 Å². The second kappa shape index (κ2) is 11.3. The van der Waals surface area contributed by atoms with Gasteiger partial charge < -0.3 is 14.6 Å². The van der Waals surface area contributed by atoms with Crippen molar-refractivity contribution >= 4 is 28.4 Å². The number of halogens is 1. The van der Waals surface area contributed by atoms with Crippen LogP contribution in [0.25, 0.3) is 10.9 Å². The molecule has 1 N–H and O–H groups in total. The van der Waals surface area contributed by atoms with Crippen molar-refractivity contribution < 1.29 is 9.90 Å². The molecule has 2 heterocycles. The number of nitrogens with zero attached hydrogens (tertiary/aromatic N) is 3. The van der Waals surface area contributed by atoms with Crippen molar-refractivity contribution in [3.05, 3.63) is 117 Å². The van der Waals surface area contributed by atoms with Gasteiger partial charge in [-0.25, -0.2) is 0 Å². The third kappa shape index (κ3) is 5.77. The minimum Gasteiger partial charge on any atom is -0.390 e. The van der Waals surface area contributed by atoms with Gasteiger partial charge >= 0.3 is 0 Å². The van der Waals surface area contributed by atoms with Gasteiger partial charge in [0.1, 0.15) is 0 Å². The number of β-amino-alcohol motifs (C(OH)–C–C–N with tert-alkyl or cyclic N) is 1. The molecule has 0 aliphatic carbocycles. The van der Waals surface area contributed by atoms with E-state index in [0.29, 0.717) is 55.2 Å². The maximum Gasteiger partial charge on any atom is 0.234 e. The fourth-order valence-corrected chi connectivity index (χ4v) is 5.29. The number of amides is 1. The molecule has 7 heteroatoms. The van der Waals surface area contributed by atoms with Gasteiger partial charge in [0.15, 0.2) is 5.43 Å². The van der Waals surface area contributed by atoms with Crippen molar-refractivity contribution in [3.8, 4) is 0 Å². The Kier molecular flexibility index (Phi) is 7.70. The fourth-order valence-electron chi connectivity index (χ4n) is 5.12. The van der Waals surface area contributed by atoms with Crippen LogP contribution in [0.3, 0.4) is 0 Å². The Bertz CT molecular complexity index is 1380. The quantitative estimate of drug-likeness (QED) is 0.404. The SMILES string of the molecule is O=C(C(c1ccccc1)c1ccccc1)N1CCN(CC(O)Cn2ccc(=O)c3ccc(Cl)cc32)CC1. The lowest BCUT2D eigenvalue weighted by atomic mass is 9.90. The van der Waals surface area contributed by atoms with Gasteiger partial charge in [-0.1, -0.05) is 72.3 Å². The Morgan fingerprint density at radius 1 is 0.838 bits per heavy atom. The largest absolute Gasteiger partial charge is 0.390 e. The van der Waals surface area contributed by atoms with Crippen molar-refractivity contribution in [2.45, 2.75) is 18.6 Å². The van der Waals surface area contributed by atoms with Gasteiger partial charge in [0, 0.05) is 61.9 Å². The molecule has 0 radical (unpaired) electrons. The molecule has 3 aromatic carbocycles.